The number of urea groups is 1. The predicted molar refractivity (Wildman–Crippen MR) is 104 cm³/mol. The minimum atomic E-state index is -2.31. The first-order valence-corrected chi connectivity index (χ1v) is 11.2. The molecule has 28 heavy (non-hydrogen) atoms. The van der Waals surface area contributed by atoms with Gasteiger partial charge in [-0.3, -0.25) is 9.69 Å². The molecule has 2 unspecified atom stereocenters. The van der Waals surface area contributed by atoms with Crippen molar-refractivity contribution >= 4 is 31.2 Å². The molecule has 2 amide bonds. The summed E-state index contributed by atoms with van der Waals surface area (Å²) in [6, 6.07) is -0.440. The third-order valence-corrected chi connectivity index (χ3v) is 6.15. The minimum absolute atomic E-state index is 0.0397. The average molecular weight is 435 g/mol. The zero-order valence-corrected chi connectivity index (χ0v) is 18.2. The second kappa shape index (κ2) is 10.1. The molecule has 2 rings (SSSR count). The van der Waals surface area contributed by atoms with Crippen LogP contribution in [0.3, 0.4) is 0 Å². The maximum absolute atomic E-state index is 12.0. The fourth-order valence-electron chi connectivity index (χ4n) is 2.70. The van der Waals surface area contributed by atoms with Crippen molar-refractivity contribution in [3.8, 4) is 0 Å². The zero-order chi connectivity index (χ0) is 20.9. The van der Waals surface area contributed by atoms with Gasteiger partial charge in [0.1, 0.15) is 25.7 Å². The van der Waals surface area contributed by atoms with E-state index in [1.165, 1.54) is 17.2 Å². The number of nitrogens with zero attached hydrogens (tertiary/aromatic N) is 1. The summed E-state index contributed by atoms with van der Waals surface area (Å²) in [7, 11) is -2.31. The van der Waals surface area contributed by atoms with E-state index in [4.69, 9.17) is 13.8 Å². The van der Waals surface area contributed by atoms with Crippen LogP contribution in [0.25, 0.3) is 0 Å². The van der Waals surface area contributed by atoms with Crippen molar-refractivity contribution in [1.29, 1.82) is 0 Å². The lowest BCUT2D eigenvalue weighted by atomic mass is 10.00. The Kier molecular flexibility index (Phi) is 8.42. The standard InChI is InChI=1S/C17H27N2O7PS/c1-11-9-12(26-14(11)19-6-5-13(20)18-16(19)22)10-25-27(23)24-7-8-28-15(21)17(2,3)4/h5-6,11-14,20H,7-10H2,1-4H3/p+1/t11-,12-,13?,14+/m0/s1. The summed E-state index contributed by atoms with van der Waals surface area (Å²) in [6.07, 6.45) is 1.76. The second-order valence-corrected chi connectivity index (χ2v) is 9.77. The monoisotopic (exact) mass is 435 g/mol. The van der Waals surface area contributed by atoms with E-state index in [9.17, 15) is 19.3 Å². The fourth-order valence-corrected chi connectivity index (χ4v) is 4.21. The fraction of sp³-hybridized carbons (Fsp3) is 0.765. The molecule has 1 saturated heterocycles. The van der Waals surface area contributed by atoms with E-state index in [2.05, 4.69) is 5.32 Å². The number of carbonyl (C=O) groups is 2. The van der Waals surface area contributed by atoms with Crippen LogP contribution in [-0.2, 0) is 23.1 Å². The summed E-state index contributed by atoms with van der Waals surface area (Å²) in [5.41, 5.74) is -0.422. The molecule has 0 aromatic carbocycles. The van der Waals surface area contributed by atoms with Crippen LogP contribution >= 0.6 is 20.0 Å². The molecule has 9 nitrogen and oxygen atoms in total. The highest BCUT2D eigenvalue weighted by Crippen LogP contribution is 2.33. The number of rotatable bonds is 8. The lowest BCUT2D eigenvalue weighted by Crippen LogP contribution is -2.50. The third kappa shape index (κ3) is 6.79. The Bertz CT molecular complexity index is 625. The number of aliphatic hydroxyl groups excluding tert-OH is 1. The van der Waals surface area contributed by atoms with E-state index < -0.39 is 32.2 Å². The minimum Gasteiger partial charge on any atom is -0.370 e. The van der Waals surface area contributed by atoms with Crippen molar-refractivity contribution < 1.29 is 33.0 Å². The first-order chi connectivity index (χ1) is 13.1. The molecule has 5 atom stereocenters. The molecule has 2 aliphatic rings. The lowest BCUT2D eigenvalue weighted by Gasteiger charge is -2.31. The zero-order valence-electron chi connectivity index (χ0n) is 16.5. The summed E-state index contributed by atoms with van der Waals surface area (Å²) in [5, 5.41) is 11.8. The van der Waals surface area contributed by atoms with Gasteiger partial charge in [-0.25, -0.2) is 4.79 Å². The van der Waals surface area contributed by atoms with Crippen molar-refractivity contribution in [2.45, 2.75) is 52.7 Å². The Morgan fingerprint density at radius 1 is 1.46 bits per heavy atom. The van der Waals surface area contributed by atoms with Crippen molar-refractivity contribution in [2.75, 3.05) is 19.0 Å². The topological polar surface area (TPSA) is 114 Å². The van der Waals surface area contributed by atoms with Crippen LogP contribution in [0.15, 0.2) is 12.3 Å². The maximum atomic E-state index is 12.0. The number of nitrogens with one attached hydrogen (secondary N) is 1. The van der Waals surface area contributed by atoms with Crippen molar-refractivity contribution in [3.63, 3.8) is 0 Å². The summed E-state index contributed by atoms with van der Waals surface area (Å²) in [4.78, 5) is 25.1. The highest BCUT2D eigenvalue weighted by Gasteiger charge is 2.40. The summed E-state index contributed by atoms with van der Waals surface area (Å²) < 4.78 is 28.0. The van der Waals surface area contributed by atoms with Gasteiger partial charge >= 0.3 is 14.3 Å². The van der Waals surface area contributed by atoms with Gasteiger partial charge in [0, 0.05) is 27.9 Å². The number of ether oxygens (including phenoxy) is 1. The van der Waals surface area contributed by atoms with Crippen LogP contribution in [0, 0.1) is 11.3 Å². The first-order valence-electron chi connectivity index (χ1n) is 9.09. The Balaban J connectivity index is 1.68. The van der Waals surface area contributed by atoms with Gasteiger partial charge in [-0.15, -0.1) is 9.05 Å². The molecule has 2 heterocycles. The van der Waals surface area contributed by atoms with E-state index in [-0.39, 0.29) is 30.4 Å². The van der Waals surface area contributed by atoms with Crippen LogP contribution < -0.4 is 5.32 Å². The number of hydrogen-bond acceptors (Lipinski definition) is 8. The molecular formula is C17H28N2O7PS+. The van der Waals surface area contributed by atoms with Crippen LogP contribution in [0.4, 0.5) is 4.79 Å². The smallest absolute Gasteiger partial charge is 0.370 e. The quantitative estimate of drug-likeness (QED) is 0.442. The lowest BCUT2D eigenvalue weighted by molar-refractivity contribution is -0.117. The highest BCUT2D eigenvalue weighted by molar-refractivity contribution is 8.13. The van der Waals surface area contributed by atoms with Crippen LogP contribution in [0.2, 0.25) is 0 Å². The Morgan fingerprint density at radius 2 is 2.18 bits per heavy atom. The van der Waals surface area contributed by atoms with E-state index in [1.807, 2.05) is 27.7 Å². The number of aliphatic hydroxyl groups is 1. The van der Waals surface area contributed by atoms with Gasteiger partial charge in [0.15, 0.2) is 5.12 Å². The molecule has 0 bridgehead atoms. The first kappa shape index (κ1) is 23.3. The molecule has 0 spiro atoms. The molecule has 0 aliphatic carbocycles. The normalized spacial score (nSPS) is 28.4. The van der Waals surface area contributed by atoms with Gasteiger partial charge in [-0.05, 0) is 12.5 Å². The Morgan fingerprint density at radius 3 is 2.82 bits per heavy atom. The van der Waals surface area contributed by atoms with Crippen LogP contribution in [0.5, 0.6) is 0 Å². The number of thioether (sulfide) groups is 1. The Hall–Kier alpha value is -1.03. The summed E-state index contributed by atoms with van der Waals surface area (Å²) in [5.74, 6) is 0.444. The van der Waals surface area contributed by atoms with Gasteiger partial charge < -0.3 is 15.2 Å². The molecule has 1 fully saturated rings. The van der Waals surface area contributed by atoms with E-state index in [0.29, 0.717) is 12.2 Å². The van der Waals surface area contributed by atoms with Gasteiger partial charge in [0.25, 0.3) is 0 Å². The van der Waals surface area contributed by atoms with E-state index >= 15 is 0 Å². The molecule has 0 radical (unpaired) electrons. The number of amides is 2. The SMILES string of the molecule is C[C@H]1C[C@@H](CO[P+](=O)OCCSC(=O)C(C)(C)C)O[C@H]1N1C=CC(O)NC1=O. The molecule has 0 aromatic rings. The maximum Gasteiger partial charge on any atom is 0.697 e. The molecule has 0 aromatic heterocycles. The van der Waals surface area contributed by atoms with Crippen molar-refractivity contribution in [3.05, 3.63) is 12.3 Å². The number of hydrogen-bond donors (Lipinski definition) is 2. The second-order valence-electron chi connectivity index (χ2n) is 7.74. The average Bonchev–Trinajstić information content (AvgIpc) is 2.96. The Labute approximate surface area is 170 Å². The van der Waals surface area contributed by atoms with Crippen molar-refractivity contribution in [2.24, 2.45) is 11.3 Å². The number of carbonyl (C=O) groups excluding carboxylic acids is 2. The van der Waals surface area contributed by atoms with Crippen LogP contribution in [-0.4, -0.2) is 58.7 Å². The third-order valence-electron chi connectivity index (χ3n) is 4.15. The molecule has 2 N–H and O–H groups in total. The van der Waals surface area contributed by atoms with Gasteiger partial charge in [-0.1, -0.05) is 39.5 Å². The summed E-state index contributed by atoms with van der Waals surface area (Å²) >= 11 is 1.15. The van der Waals surface area contributed by atoms with E-state index in [1.54, 1.807) is 0 Å². The molecule has 2 aliphatic heterocycles. The van der Waals surface area contributed by atoms with Gasteiger partial charge in [0.05, 0.1) is 6.10 Å². The van der Waals surface area contributed by atoms with E-state index in [0.717, 1.165) is 11.8 Å². The van der Waals surface area contributed by atoms with Gasteiger partial charge in [-0.2, -0.15) is 0 Å². The molecule has 158 valence electrons. The summed E-state index contributed by atoms with van der Waals surface area (Å²) in [6.45, 7) is 7.69. The largest absolute Gasteiger partial charge is 0.697 e. The molecule has 11 heteroatoms. The van der Waals surface area contributed by atoms with Crippen LogP contribution in [0.1, 0.15) is 34.1 Å². The van der Waals surface area contributed by atoms with Gasteiger partial charge in [0.2, 0.25) is 0 Å². The molecule has 0 saturated carbocycles. The predicted octanol–water partition coefficient (Wildman–Crippen LogP) is 2.59. The van der Waals surface area contributed by atoms with Crippen molar-refractivity contribution in [1.82, 2.24) is 10.2 Å². The molecular weight excluding hydrogens is 407 g/mol. The highest BCUT2D eigenvalue weighted by atomic mass is 32.2.